The van der Waals surface area contributed by atoms with E-state index in [0.29, 0.717) is 24.5 Å². The maximum absolute atomic E-state index is 13.1. The Morgan fingerprint density at radius 1 is 1.12 bits per heavy atom. The summed E-state index contributed by atoms with van der Waals surface area (Å²) in [5, 5.41) is 45.2. The Balaban J connectivity index is 0.000000566. The predicted octanol–water partition coefficient (Wildman–Crippen LogP) is 2.64. The minimum atomic E-state index is -1.21. The molecule has 3 aromatic rings. The molecule has 0 radical (unpaired) electrons. The van der Waals surface area contributed by atoms with E-state index < -0.39 is 5.97 Å². The zero-order valence-corrected chi connectivity index (χ0v) is 24.4. The molecule has 1 amide bonds. The number of rotatable bonds is 7. The number of carboxylic acid groups (broad SMARTS) is 1. The van der Waals surface area contributed by atoms with Crippen molar-refractivity contribution in [3.8, 4) is 17.1 Å². The third-order valence-corrected chi connectivity index (χ3v) is 6.74. The van der Waals surface area contributed by atoms with Crippen LogP contribution < -0.4 is 21.9 Å². The molecule has 0 bridgehead atoms. The van der Waals surface area contributed by atoms with E-state index >= 15 is 0 Å². The van der Waals surface area contributed by atoms with Crippen molar-refractivity contribution in [2.75, 3.05) is 36.7 Å². The number of hydrazone groups is 2. The smallest absolute Gasteiger partial charge is 0.371 e. The summed E-state index contributed by atoms with van der Waals surface area (Å²) in [5.41, 5.74) is 16.6. The van der Waals surface area contributed by atoms with Gasteiger partial charge in [-0.1, -0.05) is 26.0 Å². The number of nitrogens with two attached hydrogens (primary N) is 2. The van der Waals surface area contributed by atoms with Gasteiger partial charge >= 0.3 is 11.9 Å². The summed E-state index contributed by atoms with van der Waals surface area (Å²) < 4.78 is 5.29. The highest BCUT2D eigenvalue weighted by molar-refractivity contribution is 6.71. The maximum Gasteiger partial charge on any atom is 0.371 e. The number of aliphatic hydroxyl groups is 2. The summed E-state index contributed by atoms with van der Waals surface area (Å²) in [7, 11) is 0. The second kappa shape index (κ2) is 14.6. The molecule has 13 nitrogen and oxygen atoms in total. The second-order valence-electron chi connectivity index (χ2n) is 10.3. The van der Waals surface area contributed by atoms with Crippen LogP contribution in [0, 0.1) is 0 Å². The van der Waals surface area contributed by atoms with E-state index in [9.17, 15) is 14.7 Å². The Bertz CT molecular complexity index is 1500. The van der Waals surface area contributed by atoms with Crippen molar-refractivity contribution in [2.24, 2.45) is 21.7 Å². The zero-order valence-electron chi connectivity index (χ0n) is 24.4. The largest absolute Gasteiger partial charge is 0.505 e. The number of carboxylic acids is 1. The van der Waals surface area contributed by atoms with Crippen LogP contribution >= 0.6 is 0 Å². The van der Waals surface area contributed by atoms with Gasteiger partial charge in [-0.05, 0) is 72.7 Å². The van der Waals surface area contributed by atoms with Crippen LogP contribution in [0.4, 0.5) is 11.4 Å². The fourth-order valence-corrected chi connectivity index (χ4v) is 4.47. The first-order chi connectivity index (χ1) is 20.5. The fourth-order valence-electron chi connectivity index (χ4n) is 4.47. The molecule has 230 valence electrons. The molecule has 0 spiro atoms. The van der Waals surface area contributed by atoms with E-state index in [2.05, 4.69) is 35.5 Å². The lowest BCUT2D eigenvalue weighted by Crippen LogP contribution is -2.28. The number of carbonyl (C=O) groups excluding carboxylic acids is 1. The number of benzene rings is 2. The van der Waals surface area contributed by atoms with Crippen molar-refractivity contribution in [3.05, 3.63) is 65.4 Å². The van der Waals surface area contributed by atoms with Gasteiger partial charge in [0.05, 0.1) is 35.9 Å². The molecule has 13 heteroatoms. The maximum atomic E-state index is 13.1. The van der Waals surface area contributed by atoms with E-state index in [4.69, 9.17) is 31.2 Å². The van der Waals surface area contributed by atoms with Crippen LogP contribution in [-0.4, -0.2) is 70.0 Å². The number of anilines is 2. The lowest BCUT2D eigenvalue weighted by atomic mass is 9.86. The van der Waals surface area contributed by atoms with Crippen LogP contribution in [0.15, 0.2) is 63.2 Å². The summed E-state index contributed by atoms with van der Waals surface area (Å²) in [6.07, 6.45) is 2.09. The summed E-state index contributed by atoms with van der Waals surface area (Å²) in [6, 6.07) is 13.6. The molecule has 1 aliphatic heterocycles. The minimum absolute atomic E-state index is 0.0487. The van der Waals surface area contributed by atoms with Crippen LogP contribution in [-0.2, 0) is 16.6 Å². The number of hydrogen-bond donors (Lipinski definition) is 7. The van der Waals surface area contributed by atoms with Gasteiger partial charge in [0.15, 0.2) is 11.5 Å². The molecule has 1 aromatic heterocycles. The number of furan rings is 1. The number of fused-ring (bicyclic) bond motifs is 1. The van der Waals surface area contributed by atoms with Gasteiger partial charge in [-0.2, -0.15) is 15.2 Å². The van der Waals surface area contributed by atoms with Gasteiger partial charge in [0.25, 0.3) is 0 Å². The molecular weight excluding hydrogens is 556 g/mol. The number of hydrogen-bond acceptors (Lipinski definition) is 11. The summed E-state index contributed by atoms with van der Waals surface area (Å²) in [6.45, 7) is 7.04. The monoisotopic (exact) mass is 594 g/mol. The molecule has 1 aliphatic carbocycles. The molecular formula is C30H38N6O7. The predicted molar refractivity (Wildman–Crippen MR) is 164 cm³/mol. The van der Waals surface area contributed by atoms with Crippen LogP contribution in [0.5, 0.6) is 5.75 Å². The van der Waals surface area contributed by atoms with Crippen molar-refractivity contribution in [1.29, 1.82) is 0 Å². The normalized spacial score (nSPS) is 15.7. The number of carbonyl (C=O) groups is 2. The number of aryl methyl sites for hydroxylation is 1. The van der Waals surface area contributed by atoms with Gasteiger partial charge < -0.3 is 36.3 Å². The highest BCUT2D eigenvalue weighted by Gasteiger charge is 2.34. The molecule has 0 unspecified atom stereocenters. The van der Waals surface area contributed by atoms with Gasteiger partial charge in [0, 0.05) is 13.1 Å². The highest BCUT2D eigenvalue weighted by Crippen LogP contribution is 2.40. The number of phenolic OH excluding ortho intramolecular Hbond substituents is 1. The van der Waals surface area contributed by atoms with Gasteiger partial charge in [-0.15, -0.1) is 0 Å². The fraction of sp³-hybridized carbons (Fsp3) is 0.333. The molecule has 9 N–H and O–H groups in total. The van der Waals surface area contributed by atoms with E-state index in [1.165, 1.54) is 28.3 Å². The first kappa shape index (κ1) is 32.9. The van der Waals surface area contributed by atoms with Crippen LogP contribution in [0.25, 0.3) is 11.3 Å². The van der Waals surface area contributed by atoms with Crippen molar-refractivity contribution < 1.29 is 34.4 Å². The van der Waals surface area contributed by atoms with Crippen LogP contribution in [0.1, 0.15) is 48.9 Å². The van der Waals surface area contributed by atoms with Crippen molar-refractivity contribution in [2.45, 2.75) is 39.0 Å². The summed E-state index contributed by atoms with van der Waals surface area (Å²) in [5.74, 6) is -1.82. The van der Waals surface area contributed by atoms with Gasteiger partial charge in [0.1, 0.15) is 5.76 Å². The third kappa shape index (κ3) is 7.64. The first-order valence-electron chi connectivity index (χ1n) is 13.6. The number of aromatic hydroxyl groups is 1. The quantitative estimate of drug-likeness (QED) is 0.156. The van der Waals surface area contributed by atoms with Crippen LogP contribution in [0.2, 0.25) is 0 Å². The first-order valence-corrected chi connectivity index (χ1v) is 13.6. The zero-order chi connectivity index (χ0) is 31.7. The number of aliphatic hydroxyl groups excluding tert-OH is 2. The number of phenols is 1. The molecule has 0 fully saturated rings. The molecule has 0 atom stereocenters. The number of nitrogens with one attached hydrogen (secondary N) is 1. The van der Waals surface area contributed by atoms with Gasteiger partial charge in [-0.3, -0.25) is 10.2 Å². The average molecular weight is 595 g/mol. The Hall–Kier alpha value is -4.56. The van der Waals surface area contributed by atoms with E-state index in [1.54, 1.807) is 25.1 Å². The van der Waals surface area contributed by atoms with Crippen LogP contribution in [0.3, 0.4) is 0 Å². The number of para-hydroxylation sites is 1. The lowest BCUT2D eigenvalue weighted by Gasteiger charge is -2.21. The molecule has 0 saturated carbocycles. The topological polar surface area (TPSA) is 220 Å². The molecule has 2 heterocycles. The van der Waals surface area contributed by atoms with Crippen molar-refractivity contribution in [1.82, 2.24) is 0 Å². The van der Waals surface area contributed by atoms with E-state index in [1.807, 2.05) is 12.1 Å². The summed E-state index contributed by atoms with van der Waals surface area (Å²) in [4.78, 5) is 24.2. The number of amides is 1. The summed E-state index contributed by atoms with van der Waals surface area (Å²) >= 11 is 0. The standard InChI is InChI=1S/C26H24N4O5.2C2H7NO/c1-14-22(24(32)30(29-14)16-8-7-15-11-12-26(2,3)18(15)13-16)28-27-19-6-4-5-17(23(19)31)20-9-10-21(35-20)25(33)34;2*3-1-2-4/h4-10,13,27,31H,11-12H2,1-3H3,(H,33,34);2*4H,1-3H2. The number of aromatic carboxylic acids is 1. The van der Waals surface area contributed by atoms with Gasteiger partial charge in [0.2, 0.25) is 5.76 Å². The SMILES string of the molecule is CC1=NN(c2ccc3c(c2)C(C)(C)CC3)C(=O)C1=NNc1cccc(-c2ccc(C(=O)O)o2)c1O.NCCO.NCCO. The highest BCUT2D eigenvalue weighted by atomic mass is 16.4. The van der Waals surface area contributed by atoms with Gasteiger partial charge in [-0.25, -0.2) is 4.79 Å². The lowest BCUT2D eigenvalue weighted by molar-refractivity contribution is -0.112. The molecule has 43 heavy (non-hydrogen) atoms. The Labute approximate surface area is 249 Å². The molecule has 2 aliphatic rings. The number of nitrogens with zero attached hydrogens (tertiary/aromatic N) is 3. The molecule has 2 aromatic carbocycles. The molecule has 5 rings (SSSR count). The average Bonchev–Trinajstić information content (AvgIpc) is 3.69. The van der Waals surface area contributed by atoms with E-state index in [-0.39, 0.29) is 58.8 Å². The minimum Gasteiger partial charge on any atom is -0.505 e. The van der Waals surface area contributed by atoms with E-state index in [0.717, 1.165) is 12.8 Å². The molecule has 0 saturated heterocycles. The second-order valence-corrected chi connectivity index (χ2v) is 10.3. The van der Waals surface area contributed by atoms with Crippen molar-refractivity contribution in [3.63, 3.8) is 0 Å². The third-order valence-electron chi connectivity index (χ3n) is 6.74. The van der Waals surface area contributed by atoms with Crippen molar-refractivity contribution >= 4 is 34.7 Å². The Morgan fingerprint density at radius 2 is 1.79 bits per heavy atom. The Morgan fingerprint density at radius 3 is 2.40 bits per heavy atom. The Kier molecular flexibility index (Phi) is 11.2.